The molecule has 154 valence electrons. The Balaban J connectivity index is 1.61. The smallest absolute Gasteiger partial charge is 0.167 e. The van der Waals surface area contributed by atoms with Crippen LogP contribution in [-0.2, 0) is 11.3 Å². The number of aromatic nitrogens is 4. The molecular formula is C17H16Cl3N5O4. The number of imidazole rings is 1. The highest BCUT2D eigenvalue weighted by Gasteiger charge is 2.44. The maximum absolute atomic E-state index is 10.3. The van der Waals surface area contributed by atoms with E-state index in [0.717, 1.165) is 5.56 Å². The Kier molecular flexibility index (Phi) is 5.80. The molecule has 1 aliphatic heterocycles. The van der Waals surface area contributed by atoms with Crippen LogP contribution in [0.4, 0.5) is 5.82 Å². The van der Waals surface area contributed by atoms with Crippen molar-refractivity contribution in [2.24, 2.45) is 0 Å². The summed E-state index contributed by atoms with van der Waals surface area (Å²) >= 11 is 18.3. The van der Waals surface area contributed by atoms with Gasteiger partial charge in [-0.3, -0.25) is 4.57 Å². The summed E-state index contributed by atoms with van der Waals surface area (Å²) in [6.45, 7) is -0.115. The minimum Gasteiger partial charge on any atom is -0.394 e. The lowest BCUT2D eigenvalue weighted by molar-refractivity contribution is -0.0511. The normalized spacial score (nSPS) is 24.3. The van der Waals surface area contributed by atoms with Gasteiger partial charge in [0.1, 0.15) is 24.6 Å². The minimum atomic E-state index is -1.24. The first-order chi connectivity index (χ1) is 13.9. The summed E-state index contributed by atoms with van der Waals surface area (Å²) in [6.07, 6.45) is -1.55. The summed E-state index contributed by atoms with van der Waals surface area (Å²) in [5.41, 5.74) is 1.54. The number of ether oxygens (including phenoxy) is 1. The van der Waals surface area contributed by atoms with E-state index in [0.29, 0.717) is 33.6 Å². The van der Waals surface area contributed by atoms with Crippen LogP contribution >= 0.6 is 34.8 Å². The van der Waals surface area contributed by atoms with Crippen molar-refractivity contribution in [3.8, 4) is 0 Å². The van der Waals surface area contributed by atoms with Crippen LogP contribution in [0.25, 0.3) is 11.2 Å². The molecule has 29 heavy (non-hydrogen) atoms. The molecule has 1 fully saturated rings. The highest BCUT2D eigenvalue weighted by molar-refractivity contribution is 6.48. The quantitative estimate of drug-likeness (QED) is 0.426. The summed E-state index contributed by atoms with van der Waals surface area (Å²) in [4.78, 5) is 12.7. The van der Waals surface area contributed by atoms with Gasteiger partial charge in [0.25, 0.3) is 0 Å². The van der Waals surface area contributed by atoms with Gasteiger partial charge >= 0.3 is 0 Å². The fourth-order valence-electron chi connectivity index (χ4n) is 3.16. The van der Waals surface area contributed by atoms with Crippen molar-refractivity contribution >= 4 is 51.8 Å². The molecular weight excluding hydrogens is 445 g/mol. The number of halogens is 3. The van der Waals surface area contributed by atoms with Crippen LogP contribution in [0.1, 0.15) is 11.8 Å². The molecule has 0 spiro atoms. The molecule has 0 amide bonds. The maximum atomic E-state index is 10.3. The minimum absolute atomic E-state index is 0.272. The number of benzene rings is 1. The van der Waals surface area contributed by atoms with E-state index >= 15 is 0 Å². The molecule has 0 bridgehead atoms. The standard InChI is InChI=1S/C17H16Cl3N5O4/c18-8-2-1-7(10(19)11(8)20)3-21-15-12-16(23-5-22-15)25(6-24-12)17-14(28)13(27)9(4-26)29-17/h1-2,5-6,9,13-14,17,26-28H,3-4H2,(H,21,22,23)/t9-,13-,14-,17-/m1/s1. The average molecular weight is 461 g/mol. The Morgan fingerprint density at radius 2 is 1.86 bits per heavy atom. The fourth-order valence-corrected chi connectivity index (χ4v) is 3.78. The molecule has 12 heteroatoms. The average Bonchev–Trinajstić information content (AvgIpc) is 3.27. The van der Waals surface area contributed by atoms with Gasteiger partial charge in [-0.05, 0) is 11.6 Å². The molecule has 9 nitrogen and oxygen atoms in total. The lowest BCUT2D eigenvalue weighted by Gasteiger charge is -2.16. The number of nitrogens with one attached hydrogen (secondary N) is 1. The molecule has 1 aliphatic rings. The summed E-state index contributed by atoms with van der Waals surface area (Å²) in [7, 11) is 0. The number of fused-ring (bicyclic) bond motifs is 1. The first kappa shape index (κ1) is 20.5. The third-order valence-electron chi connectivity index (χ3n) is 4.71. The highest BCUT2D eigenvalue weighted by Crippen LogP contribution is 2.34. The second-order valence-corrected chi connectivity index (χ2v) is 7.63. The molecule has 2 aromatic heterocycles. The van der Waals surface area contributed by atoms with E-state index in [1.807, 2.05) is 0 Å². The van der Waals surface area contributed by atoms with Crippen LogP contribution in [0.2, 0.25) is 15.1 Å². The molecule has 1 saturated heterocycles. The zero-order valence-corrected chi connectivity index (χ0v) is 17.0. The number of hydrogen-bond acceptors (Lipinski definition) is 8. The van der Waals surface area contributed by atoms with Crippen LogP contribution in [0.15, 0.2) is 24.8 Å². The van der Waals surface area contributed by atoms with Gasteiger partial charge in [-0.25, -0.2) is 15.0 Å². The topological polar surface area (TPSA) is 126 Å². The Morgan fingerprint density at radius 1 is 1.07 bits per heavy atom. The van der Waals surface area contributed by atoms with Gasteiger partial charge in [-0.1, -0.05) is 40.9 Å². The fraction of sp³-hybridized carbons (Fsp3) is 0.353. The maximum Gasteiger partial charge on any atom is 0.167 e. The Hall–Kier alpha value is -1.72. The molecule has 0 aliphatic carbocycles. The Labute approximate surface area is 179 Å². The van der Waals surface area contributed by atoms with Gasteiger partial charge in [0.15, 0.2) is 23.2 Å². The number of rotatable bonds is 5. The molecule has 4 atom stereocenters. The Bertz CT molecular complexity index is 1050. The molecule has 4 rings (SSSR count). The number of aliphatic hydroxyl groups excluding tert-OH is 3. The predicted molar refractivity (Wildman–Crippen MR) is 107 cm³/mol. The van der Waals surface area contributed by atoms with Crippen molar-refractivity contribution in [1.82, 2.24) is 19.5 Å². The summed E-state index contributed by atoms with van der Waals surface area (Å²) < 4.78 is 7.03. The van der Waals surface area contributed by atoms with Crippen molar-refractivity contribution in [1.29, 1.82) is 0 Å². The number of hydrogen-bond donors (Lipinski definition) is 4. The molecule has 4 N–H and O–H groups in total. The zero-order valence-electron chi connectivity index (χ0n) is 14.7. The van der Waals surface area contributed by atoms with Crippen molar-refractivity contribution in [3.63, 3.8) is 0 Å². The van der Waals surface area contributed by atoms with E-state index in [1.54, 1.807) is 12.1 Å². The first-order valence-electron chi connectivity index (χ1n) is 8.58. The second kappa shape index (κ2) is 8.19. The summed E-state index contributed by atoms with van der Waals surface area (Å²) in [5.74, 6) is 0.433. The third kappa shape index (κ3) is 3.64. The predicted octanol–water partition coefficient (Wildman–Crippen LogP) is 2.01. The third-order valence-corrected chi connectivity index (χ3v) is 6.04. The van der Waals surface area contributed by atoms with E-state index in [1.165, 1.54) is 17.2 Å². The van der Waals surface area contributed by atoms with E-state index < -0.39 is 31.1 Å². The first-order valence-corrected chi connectivity index (χ1v) is 9.72. The van der Waals surface area contributed by atoms with E-state index in [2.05, 4.69) is 20.3 Å². The van der Waals surface area contributed by atoms with E-state index in [9.17, 15) is 15.3 Å². The molecule has 0 saturated carbocycles. The van der Waals surface area contributed by atoms with Crippen LogP contribution in [0.3, 0.4) is 0 Å². The van der Waals surface area contributed by atoms with Gasteiger partial charge in [-0.15, -0.1) is 0 Å². The van der Waals surface area contributed by atoms with Crippen LogP contribution < -0.4 is 5.32 Å². The molecule has 0 unspecified atom stereocenters. The van der Waals surface area contributed by atoms with Gasteiger partial charge in [-0.2, -0.15) is 0 Å². The Morgan fingerprint density at radius 3 is 2.59 bits per heavy atom. The van der Waals surface area contributed by atoms with Crippen LogP contribution in [0.5, 0.6) is 0 Å². The van der Waals surface area contributed by atoms with Gasteiger partial charge in [0, 0.05) is 6.54 Å². The summed E-state index contributed by atoms with van der Waals surface area (Å²) in [6, 6.07) is 3.40. The lowest BCUT2D eigenvalue weighted by atomic mass is 10.1. The van der Waals surface area contributed by atoms with Crippen molar-refractivity contribution < 1.29 is 20.1 Å². The van der Waals surface area contributed by atoms with Crippen LogP contribution in [0, 0.1) is 0 Å². The zero-order chi connectivity index (χ0) is 20.7. The van der Waals surface area contributed by atoms with Gasteiger partial charge in [0.2, 0.25) is 0 Å². The molecule has 1 aromatic carbocycles. The van der Waals surface area contributed by atoms with Crippen LogP contribution in [-0.4, -0.2) is 59.8 Å². The largest absolute Gasteiger partial charge is 0.394 e. The van der Waals surface area contributed by atoms with Crippen molar-refractivity contribution in [2.75, 3.05) is 11.9 Å². The monoisotopic (exact) mass is 459 g/mol. The highest BCUT2D eigenvalue weighted by atomic mass is 35.5. The van der Waals surface area contributed by atoms with Crippen molar-refractivity contribution in [3.05, 3.63) is 45.4 Å². The van der Waals surface area contributed by atoms with Gasteiger partial charge < -0.3 is 25.4 Å². The van der Waals surface area contributed by atoms with Gasteiger partial charge in [0.05, 0.1) is 28.0 Å². The van der Waals surface area contributed by atoms with E-state index in [4.69, 9.17) is 39.5 Å². The number of anilines is 1. The molecule has 3 aromatic rings. The number of aliphatic hydroxyl groups is 3. The lowest BCUT2D eigenvalue weighted by Crippen LogP contribution is -2.33. The van der Waals surface area contributed by atoms with E-state index in [-0.39, 0.29) is 5.02 Å². The summed E-state index contributed by atoms with van der Waals surface area (Å²) in [5, 5.41) is 33.6. The SMILES string of the molecule is OC[C@H]1O[C@@H](n2cnc3c(NCc4ccc(Cl)c(Cl)c4Cl)ncnc32)[C@H](O)[C@@H]1O. The van der Waals surface area contributed by atoms with Crippen molar-refractivity contribution in [2.45, 2.75) is 31.1 Å². The molecule has 0 radical (unpaired) electrons. The molecule has 3 heterocycles. The number of nitrogens with zero attached hydrogens (tertiary/aromatic N) is 4. The second-order valence-electron chi connectivity index (χ2n) is 6.46.